The summed E-state index contributed by atoms with van der Waals surface area (Å²) in [6.07, 6.45) is 0. The third-order valence-corrected chi connectivity index (χ3v) is 4.59. The van der Waals surface area contributed by atoms with Crippen LogP contribution in [0.15, 0.2) is 11.4 Å². The molecule has 0 unspecified atom stereocenters. The number of aliphatic hydroxyl groups excluding tert-OH is 1. The van der Waals surface area contributed by atoms with Gasteiger partial charge in [0.15, 0.2) is 0 Å². The molecule has 5 heteroatoms. The average Bonchev–Trinajstić information content (AvgIpc) is 2.87. The maximum Gasteiger partial charge on any atom is 0.254 e. The highest BCUT2D eigenvalue weighted by molar-refractivity contribution is 7.10. The van der Waals surface area contributed by atoms with E-state index in [-0.39, 0.29) is 18.1 Å². The quantitative estimate of drug-likeness (QED) is 0.793. The van der Waals surface area contributed by atoms with Gasteiger partial charge in [-0.3, -0.25) is 9.69 Å². The lowest BCUT2D eigenvalue weighted by Crippen LogP contribution is -2.58. The van der Waals surface area contributed by atoms with Gasteiger partial charge < -0.3 is 10.0 Å². The van der Waals surface area contributed by atoms with E-state index in [1.54, 1.807) is 6.07 Å². The van der Waals surface area contributed by atoms with Crippen molar-refractivity contribution >= 4 is 17.2 Å². The van der Waals surface area contributed by atoms with Crippen molar-refractivity contribution in [2.45, 2.75) is 19.4 Å². The molecule has 108 valence electrons. The molecule has 0 aromatic carbocycles. The van der Waals surface area contributed by atoms with Gasteiger partial charge >= 0.3 is 0 Å². The minimum Gasteiger partial charge on any atom is -0.384 e. The zero-order chi connectivity index (χ0) is 14.8. The van der Waals surface area contributed by atoms with E-state index >= 15 is 0 Å². The van der Waals surface area contributed by atoms with Gasteiger partial charge in [-0.25, -0.2) is 0 Å². The minimum atomic E-state index is -0.159. The minimum absolute atomic E-state index is 0.00343. The van der Waals surface area contributed by atoms with Crippen LogP contribution in [-0.4, -0.2) is 59.6 Å². The van der Waals surface area contributed by atoms with Gasteiger partial charge in [-0.2, -0.15) is 0 Å². The topological polar surface area (TPSA) is 43.8 Å². The van der Waals surface area contributed by atoms with Crippen molar-refractivity contribution in [1.82, 2.24) is 9.80 Å². The van der Waals surface area contributed by atoms with Crippen LogP contribution in [0.3, 0.4) is 0 Å². The molecule has 0 radical (unpaired) electrons. The third kappa shape index (κ3) is 3.21. The lowest BCUT2D eigenvalue weighted by Gasteiger charge is -2.45. The van der Waals surface area contributed by atoms with E-state index < -0.39 is 0 Å². The van der Waals surface area contributed by atoms with Gasteiger partial charge in [-0.15, -0.1) is 11.3 Å². The van der Waals surface area contributed by atoms with E-state index in [0.717, 1.165) is 24.5 Å². The van der Waals surface area contributed by atoms with Crippen molar-refractivity contribution in [2.75, 3.05) is 33.3 Å². The molecule has 1 aromatic rings. The Morgan fingerprint density at radius 2 is 2.25 bits per heavy atom. The highest BCUT2D eigenvalue weighted by atomic mass is 32.1. The van der Waals surface area contributed by atoms with Crippen LogP contribution in [0.4, 0.5) is 0 Å². The molecule has 1 N–H and O–H groups in total. The van der Waals surface area contributed by atoms with Crippen molar-refractivity contribution in [1.29, 1.82) is 0 Å². The number of rotatable bonds is 1. The molecule has 0 spiro atoms. The fourth-order valence-electron chi connectivity index (χ4n) is 2.24. The Hall–Kier alpha value is -1.35. The molecule has 2 rings (SSSR count). The number of amides is 1. The first-order valence-corrected chi connectivity index (χ1v) is 7.51. The van der Waals surface area contributed by atoms with Gasteiger partial charge in [-0.1, -0.05) is 11.8 Å². The van der Waals surface area contributed by atoms with E-state index in [1.165, 1.54) is 11.3 Å². The molecule has 0 aliphatic carbocycles. The first-order chi connectivity index (χ1) is 9.44. The summed E-state index contributed by atoms with van der Waals surface area (Å²) in [7, 11) is 2.09. The average molecular weight is 292 g/mol. The normalized spacial score (nSPS) is 18.5. The Morgan fingerprint density at radius 3 is 2.90 bits per heavy atom. The molecule has 1 saturated heterocycles. The summed E-state index contributed by atoms with van der Waals surface area (Å²) >= 11 is 1.44. The highest BCUT2D eigenvalue weighted by Crippen LogP contribution is 2.22. The highest BCUT2D eigenvalue weighted by Gasteiger charge is 2.33. The summed E-state index contributed by atoms with van der Waals surface area (Å²) in [4.78, 5) is 17.5. The SMILES string of the molecule is CN1CCN(C(=O)c2csc(C#CCO)c2)CC1(C)C. The zero-order valence-electron chi connectivity index (χ0n) is 12.1. The van der Waals surface area contributed by atoms with Crippen molar-refractivity contribution in [3.05, 3.63) is 21.9 Å². The second-order valence-electron chi connectivity index (χ2n) is 5.62. The second-order valence-corrected chi connectivity index (χ2v) is 6.53. The van der Waals surface area contributed by atoms with Crippen LogP contribution in [0, 0.1) is 11.8 Å². The second kappa shape index (κ2) is 5.96. The number of carbonyl (C=O) groups excluding carboxylic acids is 1. The number of nitrogens with zero attached hydrogens (tertiary/aromatic N) is 2. The lowest BCUT2D eigenvalue weighted by molar-refractivity contribution is 0.0312. The van der Waals surface area contributed by atoms with Crippen molar-refractivity contribution in [3.63, 3.8) is 0 Å². The summed E-state index contributed by atoms with van der Waals surface area (Å²) < 4.78 is 0. The standard InChI is InChI=1S/C15H20N2O2S/c1-15(2)11-17(7-6-16(15)3)14(19)12-9-13(20-10-12)5-4-8-18/h9-10,18H,6-8,11H2,1-3H3. The van der Waals surface area contributed by atoms with Crippen LogP contribution in [0.1, 0.15) is 29.1 Å². The van der Waals surface area contributed by atoms with Crippen LogP contribution in [-0.2, 0) is 0 Å². The predicted molar refractivity (Wildman–Crippen MR) is 80.9 cm³/mol. The van der Waals surface area contributed by atoms with Gasteiger partial charge in [0.2, 0.25) is 0 Å². The number of aliphatic hydroxyl groups is 1. The number of piperazine rings is 1. The summed E-state index contributed by atoms with van der Waals surface area (Å²) in [5, 5.41) is 10.5. The van der Waals surface area contributed by atoms with Crippen LogP contribution in [0.25, 0.3) is 0 Å². The molecule has 4 nitrogen and oxygen atoms in total. The van der Waals surface area contributed by atoms with E-state index in [4.69, 9.17) is 5.11 Å². The van der Waals surface area contributed by atoms with Crippen LogP contribution in [0.2, 0.25) is 0 Å². The lowest BCUT2D eigenvalue weighted by atomic mass is 9.99. The predicted octanol–water partition coefficient (Wildman–Crippen LogP) is 1.26. The molecule has 1 fully saturated rings. The van der Waals surface area contributed by atoms with E-state index in [2.05, 4.69) is 37.6 Å². The number of hydrogen-bond acceptors (Lipinski definition) is 4. The van der Waals surface area contributed by atoms with Crippen molar-refractivity contribution < 1.29 is 9.90 Å². The van der Waals surface area contributed by atoms with Gasteiger partial charge in [0.05, 0.1) is 10.4 Å². The molecule has 1 amide bonds. The molecule has 0 bridgehead atoms. The maximum absolute atomic E-state index is 12.5. The third-order valence-electron chi connectivity index (χ3n) is 3.74. The van der Waals surface area contributed by atoms with Crippen LogP contribution < -0.4 is 0 Å². The first kappa shape index (κ1) is 15.0. The summed E-state index contributed by atoms with van der Waals surface area (Å²) in [6, 6.07) is 1.81. The molecular weight excluding hydrogens is 272 g/mol. The molecule has 1 aromatic heterocycles. The molecule has 1 aliphatic heterocycles. The van der Waals surface area contributed by atoms with E-state index in [0.29, 0.717) is 5.56 Å². The van der Waals surface area contributed by atoms with E-state index in [9.17, 15) is 4.79 Å². The molecule has 1 aliphatic rings. The zero-order valence-corrected chi connectivity index (χ0v) is 13.0. The summed E-state index contributed by atoms with van der Waals surface area (Å²) in [5.74, 6) is 5.50. The fourth-order valence-corrected chi connectivity index (χ4v) is 2.99. The van der Waals surface area contributed by atoms with Gasteiger partial charge in [-0.05, 0) is 27.0 Å². The van der Waals surface area contributed by atoms with Gasteiger partial charge in [0, 0.05) is 30.6 Å². The Labute approximate surface area is 124 Å². The molecule has 2 heterocycles. The Kier molecular flexibility index (Phi) is 4.48. The molecule has 0 atom stereocenters. The number of carbonyl (C=O) groups is 1. The summed E-state index contributed by atoms with van der Waals surface area (Å²) in [5.41, 5.74) is 0.696. The Morgan fingerprint density at radius 1 is 1.50 bits per heavy atom. The van der Waals surface area contributed by atoms with Gasteiger partial charge in [0.1, 0.15) is 6.61 Å². The number of likely N-dealkylation sites (N-methyl/N-ethyl adjacent to an activating group) is 1. The van der Waals surface area contributed by atoms with Crippen LogP contribution >= 0.6 is 11.3 Å². The first-order valence-electron chi connectivity index (χ1n) is 6.63. The van der Waals surface area contributed by atoms with E-state index in [1.807, 2.05) is 10.3 Å². The number of hydrogen-bond donors (Lipinski definition) is 1. The Bertz CT molecular complexity index is 554. The van der Waals surface area contributed by atoms with Crippen molar-refractivity contribution in [2.24, 2.45) is 0 Å². The van der Waals surface area contributed by atoms with Crippen molar-refractivity contribution in [3.8, 4) is 11.8 Å². The summed E-state index contributed by atoms with van der Waals surface area (Å²) in [6.45, 7) is 6.52. The molecule has 0 saturated carbocycles. The smallest absolute Gasteiger partial charge is 0.254 e. The number of thiophene rings is 1. The fraction of sp³-hybridized carbons (Fsp3) is 0.533. The largest absolute Gasteiger partial charge is 0.384 e. The monoisotopic (exact) mass is 292 g/mol. The molecular formula is C15H20N2O2S. The molecule has 20 heavy (non-hydrogen) atoms. The Balaban J connectivity index is 2.10. The van der Waals surface area contributed by atoms with Crippen LogP contribution in [0.5, 0.6) is 0 Å². The van der Waals surface area contributed by atoms with Gasteiger partial charge in [0.25, 0.3) is 5.91 Å². The maximum atomic E-state index is 12.5.